The van der Waals surface area contributed by atoms with Gasteiger partial charge < -0.3 is 25.4 Å². The van der Waals surface area contributed by atoms with Gasteiger partial charge in [-0.2, -0.15) is 0 Å². The van der Waals surface area contributed by atoms with E-state index in [1.807, 2.05) is 0 Å². The summed E-state index contributed by atoms with van der Waals surface area (Å²) < 4.78 is 29.3. The van der Waals surface area contributed by atoms with Gasteiger partial charge in [-0.05, 0) is 19.3 Å². The molecule has 3 aliphatic heterocycles. The molecular formula is C15H21N6O6P. The lowest BCUT2D eigenvalue weighted by Gasteiger charge is -2.30. The van der Waals surface area contributed by atoms with Crippen LogP contribution >= 0.6 is 7.82 Å². The zero-order chi connectivity index (χ0) is 19.5. The maximum absolute atomic E-state index is 11.8. The molecule has 3 aliphatic rings. The quantitative estimate of drug-likeness (QED) is 0.577. The summed E-state index contributed by atoms with van der Waals surface area (Å²) in [7, 11) is -4.21. The summed E-state index contributed by atoms with van der Waals surface area (Å²) in [6.07, 6.45) is 0.677. The number of nitrogen functional groups attached to an aromatic ring is 1. The molecule has 0 aromatic carbocycles. The molecule has 0 spiro atoms. The molecule has 3 fully saturated rings. The van der Waals surface area contributed by atoms with Crippen molar-refractivity contribution in [2.24, 2.45) is 0 Å². The van der Waals surface area contributed by atoms with Crippen LogP contribution < -0.4 is 10.6 Å². The molecule has 5 rings (SSSR count). The van der Waals surface area contributed by atoms with E-state index in [9.17, 15) is 14.6 Å². The number of rotatable bonds is 2. The lowest BCUT2D eigenvalue weighted by molar-refractivity contribution is -0.0661. The number of imidazole rings is 1. The van der Waals surface area contributed by atoms with E-state index in [1.165, 1.54) is 6.33 Å². The second kappa shape index (κ2) is 6.61. The monoisotopic (exact) mass is 412 g/mol. The average molecular weight is 412 g/mol. The van der Waals surface area contributed by atoms with E-state index in [0.29, 0.717) is 17.1 Å². The van der Waals surface area contributed by atoms with E-state index >= 15 is 0 Å². The van der Waals surface area contributed by atoms with Crippen LogP contribution in [-0.2, 0) is 18.3 Å². The van der Waals surface area contributed by atoms with Crippen molar-refractivity contribution >= 4 is 30.8 Å². The van der Waals surface area contributed by atoms with Crippen molar-refractivity contribution in [3.05, 3.63) is 6.33 Å². The Hall–Kier alpha value is -1.82. The van der Waals surface area contributed by atoms with Crippen LogP contribution in [0, 0.1) is 0 Å². The van der Waals surface area contributed by atoms with Crippen molar-refractivity contribution in [2.75, 3.05) is 30.3 Å². The summed E-state index contributed by atoms with van der Waals surface area (Å²) in [4.78, 5) is 24.6. The molecule has 5 atom stereocenters. The van der Waals surface area contributed by atoms with E-state index in [0.717, 1.165) is 32.4 Å². The number of hydrogen-bond acceptors (Lipinski definition) is 10. The molecule has 13 heteroatoms. The molecule has 2 aromatic rings. The zero-order valence-corrected chi connectivity index (χ0v) is 15.8. The van der Waals surface area contributed by atoms with Gasteiger partial charge in [0.25, 0.3) is 0 Å². The molecule has 0 aliphatic carbocycles. The number of piperidine rings is 1. The van der Waals surface area contributed by atoms with Crippen molar-refractivity contribution in [3.8, 4) is 0 Å². The number of fused-ring (bicyclic) bond motifs is 2. The largest absolute Gasteiger partial charge is 0.472 e. The predicted molar refractivity (Wildman–Crippen MR) is 96.4 cm³/mol. The highest BCUT2D eigenvalue weighted by Gasteiger charge is 2.53. The van der Waals surface area contributed by atoms with Crippen molar-refractivity contribution in [2.45, 2.75) is 43.8 Å². The van der Waals surface area contributed by atoms with Gasteiger partial charge in [-0.1, -0.05) is 0 Å². The lowest BCUT2D eigenvalue weighted by Crippen LogP contribution is -2.39. The normalized spacial score (nSPS) is 36.0. The van der Waals surface area contributed by atoms with Crippen LogP contribution in [0.5, 0.6) is 0 Å². The van der Waals surface area contributed by atoms with Gasteiger partial charge in [0.05, 0.1) is 6.61 Å². The Bertz CT molecular complexity index is 948. The van der Waals surface area contributed by atoms with E-state index in [-0.39, 0.29) is 12.4 Å². The van der Waals surface area contributed by atoms with E-state index in [4.69, 9.17) is 19.5 Å². The first-order chi connectivity index (χ1) is 13.4. The molecular weight excluding hydrogens is 391 g/mol. The Kier molecular flexibility index (Phi) is 4.30. The number of aliphatic hydroxyl groups is 1. The smallest absolute Gasteiger partial charge is 0.386 e. The summed E-state index contributed by atoms with van der Waals surface area (Å²) in [6, 6.07) is 0. The van der Waals surface area contributed by atoms with E-state index < -0.39 is 32.4 Å². The molecule has 0 saturated carbocycles. The Balaban J connectivity index is 1.60. The maximum Gasteiger partial charge on any atom is 0.472 e. The Morgan fingerprint density at radius 2 is 2.04 bits per heavy atom. The molecule has 5 heterocycles. The standard InChI is InChI=1S/C15H21N6O6P/c16-12-9-13(18-7-17-12)21(15(19-9)20-4-2-1-3-5-20)14-10(22)11-8(26-14)6-25-28(23,24)27-11/h7-8,10-11,14,22H,1-6H2,(H,23,24)(H2,16,17,18). The zero-order valence-electron chi connectivity index (χ0n) is 14.9. The first-order valence-corrected chi connectivity index (χ1v) is 10.7. The number of aliphatic hydroxyl groups excluding tert-OH is 1. The van der Waals surface area contributed by atoms with Crippen LogP contribution in [-0.4, -0.2) is 67.5 Å². The topological polar surface area (TPSA) is 158 Å². The molecule has 5 unspecified atom stereocenters. The van der Waals surface area contributed by atoms with Crippen molar-refractivity contribution in [1.29, 1.82) is 0 Å². The first kappa shape index (κ1) is 18.2. The number of anilines is 2. The average Bonchev–Trinajstić information content (AvgIpc) is 3.21. The lowest BCUT2D eigenvalue weighted by atomic mass is 10.1. The first-order valence-electron chi connectivity index (χ1n) is 9.17. The van der Waals surface area contributed by atoms with Crippen LogP contribution in [0.25, 0.3) is 11.2 Å². The van der Waals surface area contributed by atoms with Gasteiger partial charge in [0, 0.05) is 13.1 Å². The fraction of sp³-hybridized carbons (Fsp3) is 0.667. The molecule has 0 bridgehead atoms. The third-order valence-corrected chi connectivity index (χ3v) is 6.33. The number of aromatic nitrogens is 4. The van der Waals surface area contributed by atoms with Crippen LogP contribution in [0.15, 0.2) is 6.33 Å². The van der Waals surface area contributed by atoms with Crippen molar-refractivity contribution < 1.29 is 28.3 Å². The second-order valence-electron chi connectivity index (χ2n) is 7.15. The number of hydrogen-bond donors (Lipinski definition) is 3. The molecule has 28 heavy (non-hydrogen) atoms. The fourth-order valence-electron chi connectivity index (χ4n) is 4.02. The van der Waals surface area contributed by atoms with Crippen LogP contribution in [0.3, 0.4) is 0 Å². The van der Waals surface area contributed by atoms with Crippen LogP contribution in [0.2, 0.25) is 0 Å². The highest BCUT2D eigenvalue weighted by atomic mass is 31.2. The number of nitrogens with two attached hydrogens (primary N) is 1. The minimum atomic E-state index is -4.21. The molecule has 4 N–H and O–H groups in total. The Labute approximate surface area is 159 Å². The highest BCUT2D eigenvalue weighted by molar-refractivity contribution is 7.47. The van der Waals surface area contributed by atoms with Gasteiger partial charge >= 0.3 is 7.82 Å². The van der Waals surface area contributed by atoms with E-state index in [1.54, 1.807) is 4.57 Å². The molecule has 12 nitrogen and oxygen atoms in total. The number of phosphoric acid groups is 1. The van der Waals surface area contributed by atoms with Crippen LogP contribution in [0.4, 0.5) is 11.8 Å². The van der Waals surface area contributed by atoms with Crippen molar-refractivity contribution in [3.63, 3.8) is 0 Å². The van der Waals surface area contributed by atoms with Gasteiger partial charge in [0.15, 0.2) is 23.2 Å². The molecule has 3 saturated heterocycles. The maximum atomic E-state index is 11.8. The Morgan fingerprint density at radius 1 is 1.25 bits per heavy atom. The number of phosphoric ester groups is 1. The summed E-state index contributed by atoms with van der Waals surface area (Å²) >= 11 is 0. The fourth-order valence-corrected chi connectivity index (χ4v) is 4.98. The predicted octanol–water partition coefficient (Wildman–Crippen LogP) is 0.173. The van der Waals surface area contributed by atoms with Gasteiger partial charge in [0.2, 0.25) is 5.95 Å². The van der Waals surface area contributed by atoms with Crippen LogP contribution in [0.1, 0.15) is 25.5 Å². The number of nitrogens with zero attached hydrogens (tertiary/aromatic N) is 5. The summed E-state index contributed by atoms with van der Waals surface area (Å²) in [6.45, 7) is 1.45. The SMILES string of the molecule is Nc1ncnc2c1nc(N1CCCCC1)n2C1OC2COP(=O)(O)OC2C1O. The third-order valence-electron chi connectivity index (χ3n) is 5.35. The minimum absolute atomic E-state index is 0.158. The molecule has 152 valence electrons. The van der Waals surface area contributed by atoms with Gasteiger partial charge in [0.1, 0.15) is 24.6 Å². The molecule has 0 amide bonds. The van der Waals surface area contributed by atoms with E-state index in [2.05, 4.69) is 19.9 Å². The summed E-state index contributed by atoms with van der Waals surface area (Å²) in [5.74, 6) is 0.795. The molecule has 2 aromatic heterocycles. The van der Waals surface area contributed by atoms with Gasteiger partial charge in [-0.25, -0.2) is 19.5 Å². The summed E-state index contributed by atoms with van der Waals surface area (Å²) in [5.41, 5.74) is 6.83. The minimum Gasteiger partial charge on any atom is -0.386 e. The Morgan fingerprint density at radius 3 is 2.82 bits per heavy atom. The number of ether oxygens (including phenoxy) is 1. The van der Waals surface area contributed by atoms with Gasteiger partial charge in [-0.3, -0.25) is 13.6 Å². The highest BCUT2D eigenvalue weighted by Crippen LogP contribution is 2.53. The molecule has 0 radical (unpaired) electrons. The third kappa shape index (κ3) is 2.88. The summed E-state index contributed by atoms with van der Waals surface area (Å²) in [5, 5.41) is 10.9. The van der Waals surface area contributed by atoms with Crippen molar-refractivity contribution in [1.82, 2.24) is 19.5 Å². The van der Waals surface area contributed by atoms with Gasteiger partial charge in [-0.15, -0.1) is 0 Å². The second-order valence-corrected chi connectivity index (χ2v) is 8.56.